The molecule has 0 saturated heterocycles. The van der Waals surface area contributed by atoms with Crippen molar-refractivity contribution in [3.63, 3.8) is 0 Å². The lowest BCUT2D eigenvalue weighted by Gasteiger charge is -2.37. The lowest BCUT2D eigenvalue weighted by molar-refractivity contribution is 0.464. The summed E-state index contributed by atoms with van der Waals surface area (Å²) >= 11 is 0. The second-order valence-corrected chi connectivity index (χ2v) is 11.3. The molecule has 3 aliphatic rings. The van der Waals surface area contributed by atoms with Crippen molar-refractivity contribution in [2.75, 3.05) is 0 Å². The predicted octanol–water partition coefficient (Wildman–Crippen LogP) is 6.92. The number of para-hydroxylation sites is 2. The van der Waals surface area contributed by atoms with E-state index in [2.05, 4.69) is 118 Å². The standard InChI is InChI=1S/C36H19BN2O2/c1-2-8-20(9-3-1)38-25-11-5-4-10-21(25)23-18-24-22-16-17-32-35-36(22)39(28(24)19-27(23)38)26-12-6-13-29-33(26)37(35)34-30(40-29)14-7-15-31(34)41-32/h1-19H. The van der Waals surface area contributed by atoms with Gasteiger partial charge in [0.2, 0.25) is 0 Å². The van der Waals surface area contributed by atoms with Crippen LogP contribution in [0, 0.1) is 0 Å². The average molecular weight is 522 g/mol. The number of benzene rings is 6. The maximum Gasteiger partial charge on any atom is 0.266 e. The molecule has 0 fully saturated rings. The van der Waals surface area contributed by atoms with Gasteiger partial charge in [-0.25, -0.2) is 0 Å². The second kappa shape index (κ2) is 6.83. The first-order valence-electron chi connectivity index (χ1n) is 14.1. The number of rotatable bonds is 1. The molecule has 0 amide bonds. The Labute approximate surface area is 234 Å². The van der Waals surface area contributed by atoms with Crippen LogP contribution in [0.15, 0.2) is 115 Å². The third-order valence-electron chi connectivity index (χ3n) is 9.35. The fourth-order valence-corrected chi connectivity index (χ4v) is 7.81. The summed E-state index contributed by atoms with van der Waals surface area (Å²) in [5.41, 5.74) is 10.8. The van der Waals surface area contributed by atoms with Crippen molar-refractivity contribution in [3.8, 4) is 34.4 Å². The first kappa shape index (κ1) is 20.5. The lowest BCUT2D eigenvalue weighted by Crippen LogP contribution is -2.60. The summed E-state index contributed by atoms with van der Waals surface area (Å²) in [4.78, 5) is 0. The predicted molar refractivity (Wildman–Crippen MR) is 166 cm³/mol. The van der Waals surface area contributed by atoms with Gasteiger partial charge in [0.15, 0.2) is 0 Å². The van der Waals surface area contributed by atoms with E-state index in [0.717, 1.165) is 34.1 Å². The molecule has 5 heteroatoms. The number of nitrogens with zero attached hydrogens (tertiary/aromatic N) is 2. The van der Waals surface area contributed by atoms with E-state index in [1.807, 2.05) is 6.07 Å². The Morgan fingerprint density at radius 3 is 1.98 bits per heavy atom. The molecule has 2 aromatic heterocycles. The van der Waals surface area contributed by atoms with Gasteiger partial charge in [-0.2, -0.15) is 0 Å². The molecule has 0 atom stereocenters. The van der Waals surface area contributed by atoms with E-state index in [4.69, 9.17) is 9.47 Å². The van der Waals surface area contributed by atoms with Crippen molar-refractivity contribution in [1.82, 2.24) is 9.13 Å². The van der Waals surface area contributed by atoms with Crippen molar-refractivity contribution in [3.05, 3.63) is 115 Å². The molecule has 0 aliphatic carbocycles. The quantitative estimate of drug-likeness (QED) is 0.219. The molecule has 0 saturated carbocycles. The van der Waals surface area contributed by atoms with Gasteiger partial charge >= 0.3 is 0 Å². The van der Waals surface area contributed by atoms with Crippen LogP contribution < -0.4 is 25.9 Å². The zero-order valence-electron chi connectivity index (χ0n) is 21.8. The highest BCUT2D eigenvalue weighted by Crippen LogP contribution is 2.44. The molecule has 0 unspecified atom stereocenters. The third-order valence-corrected chi connectivity index (χ3v) is 9.35. The number of fused-ring (bicyclic) bond motifs is 7. The van der Waals surface area contributed by atoms with Crippen molar-refractivity contribution in [2.45, 2.75) is 0 Å². The first-order chi connectivity index (χ1) is 20.3. The summed E-state index contributed by atoms with van der Waals surface area (Å²) in [5.74, 6) is 3.63. The molecular weight excluding hydrogens is 503 g/mol. The van der Waals surface area contributed by atoms with Gasteiger partial charge in [0, 0.05) is 38.4 Å². The second-order valence-electron chi connectivity index (χ2n) is 11.3. The maximum absolute atomic E-state index is 6.57. The van der Waals surface area contributed by atoms with Crippen LogP contribution in [0.5, 0.6) is 23.0 Å². The summed E-state index contributed by atoms with van der Waals surface area (Å²) in [7, 11) is 0. The molecule has 0 bridgehead atoms. The minimum atomic E-state index is 0.0822. The van der Waals surface area contributed by atoms with Crippen LogP contribution in [0.2, 0.25) is 0 Å². The summed E-state index contributed by atoms with van der Waals surface area (Å²) in [5, 5.41) is 5.03. The molecule has 0 spiro atoms. The molecular formula is C36H19BN2O2. The fourth-order valence-electron chi connectivity index (χ4n) is 7.81. The van der Waals surface area contributed by atoms with Gasteiger partial charge in [0.25, 0.3) is 6.71 Å². The maximum atomic E-state index is 6.57. The average Bonchev–Trinajstić information content (AvgIpc) is 3.52. The number of ether oxygens (including phenoxy) is 2. The normalized spacial score (nSPS) is 13.7. The van der Waals surface area contributed by atoms with Gasteiger partial charge in [-0.3, -0.25) is 0 Å². The molecule has 4 nitrogen and oxygen atoms in total. The van der Waals surface area contributed by atoms with Crippen LogP contribution >= 0.6 is 0 Å². The van der Waals surface area contributed by atoms with Gasteiger partial charge in [-0.1, -0.05) is 48.5 Å². The van der Waals surface area contributed by atoms with Crippen LogP contribution in [-0.2, 0) is 0 Å². The lowest BCUT2D eigenvalue weighted by atomic mass is 9.33. The minimum Gasteiger partial charge on any atom is -0.458 e. The van der Waals surface area contributed by atoms with Gasteiger partial charge in [-0.15, -0.1) is 0 Å². The molecule has 6 aromatic carbocycles. The van der Waals surface area contributed by atoms with E-state index in [-0.39, 0.29) is 6.71 Å². The van der Waals surface area contributed by atoms with Gasteiger partial charge in [-0.05, 0) is 77.7 Å². The fraction of sp³-hybridized carbons (Fsp3) is 0. The van der Waals surface area contributed by atoms with Crippen molar-refractivity contribution in [2.24, 2.45) is 0 Å². The van der Waals surface area contributed by atoms with E-state index in [9.17, 15) is 0 Å². The number of hydrogen-bond acceptors (Lipinski definition) is 2. The topological polar surface area (TPSA) is 28.3 Å². The van der Waals surface area contributed by atoms with E-state index in [1.54, 1.807) is 0 Å². The van der Waals surface area contributed by atoms with Crippen LogP contribution in [0.1, 0.15) is 0 Å². The molecule has 11 rings (SSSR count). The van der Waals surface area contributed by atoms with E-state index >= 15 is 0 Å². The molecule has 3 aliphatic heterocycles. The molecule has 0 N–H and O–H groups in total. The van der Waals surface area contributed by atoms with E-state index in [1.165, 1.54) is 60.2 Å². The molecule has 8 aromatic rings. The van der Waals surface area contributed by atoms with Gasteiger partial charge in [0.05, 0.1) is 22.1 Å². The highest BCUT2D eigenvalue weighted by molar-refractivity contribution is 7.00. The van der Waals surface area contributed by atoms with E-state index < -0.39 is 0 Å². The Bertz CT molecular complexity index is 2470. The smallest absolute Gasteiger partial charge is 0.266 e. The van der Waals surface area contributed by atoms with E-state index in [0.29, 0.717) is 0 Å². The Kier molecular flexibility index (Phi) is 3.41. The molecule has 0 radical (unpaired) electrons. The van der Waals surface area contributed by atoms with Gasteiger partial charge in [0.1, 0.15) is 23.0 Å². The number of aromatic nitrogens is 2. The number of hydrogen-bond donors (Lipinski definition) is 0. The first-order valence-corrected chi connectivity index (χ1v) is 14.1. The minimum absolute atomic E-state index is 0.0822. The third kappa shape index (κ3) is 2.29. The van der Waals surface area contributed by atoms with Crippen molar-refractivity contribution >= 4 is 66.7 Å². The molecule has 188 valence electrons. The highest BCUT2D eigenvalue weighted by atomic mass is 16.5. The Hall–Kier alpha value is -5.42. The molecule has 5 heterocycles. The van der Waals surface area contributed by atoms with Crippen LogP contribution in [-0.4, -0.2) is 15.8 Å². The Morgan fingerprint density at radius 2 is 1.12 bits per heavy atom. The summed E-state index contributed by atoms with van der Waals surface area (Å²) in [6.45, 7) is 0.0822. The SMILES string of the molecule is c1ccc(-n2c3ccccc3c3cc4c5ccc6c7c5n(c4cc32)-c2cccc3c2B7c2c(cccc2O6)O3)cc1. The van der Waals surface area contributed by atoms with Crippen molar-refractivity contribution in [1.29, 1.82) is 0 Å². The molecule has 41 heavy (non-hydrogen) atoms. The zero-order valence-corrected chi connectivity index (χ0v) is 21.8. The zero-order chi connectivity index (χ0) is 26.4. The van der Waals surface area contributed by atoms with Crippen LogP contribution in [0.3, 0.4) is 0 Å². The van der Waals surface area contributed by atoms with Gasteiger partial charge < -0.3 is 18.6 Å². The largest absolute Gasteiger partial charge is 0.458 e. The highest BCUT2D eigenvalue weighted by Gasteiger charge is 2.46. The Balaban J connectivity index is 1.36. The summed E-state index contributed by atoms with van der Waals surface area (Å²) in [6, 6.07) is 41.2. The summed E-state index contributed by atoms with van der Waals surface area (Å²) in [6.07, 6.45) is 0. The Morgan fingerprint density at radius 1 is 0.439 bits per heavy atom. The van der Waals surface area contributed by atoms with Crippen molar-refractivity contribution < 1.29 is 9.47 Å². The monoisotopic (exact) mass is 522 g/mol. The van der Waals surface area contributed by atoms with Crippen LogP contribution in [0.4, 0.5) is 0 Å². The van der Waals surface area contributed by atoms with Crippen LogP contribution in [0.25, 0.3) is 55.0 Å². The summed E-state index contributed by atoms with van der Waals surface area (Å²) < 4.78 is 17.9.